The van der Waals surface area contributed by atoms with Gasteiger partial charge in [-0.25, -0.2) is 0 Å². The van der Waals surface area contributed by atoms with Gasteiger partial charge in [-0.3, -0.25) is 0 Å². The smallest absolute Gasteiger partial charge is 0.111 e. The summed E-state index contributed by atoms with van der Waals surface area (Å²) in [5, 5.41) is 0. The van der Waals surface area contributed by atoms with Gasteiger partial charge in [0.1, 0.15) is 6.17 Å². The first-order chi connectivity index (χ1) is 8.37. The molecule has 0 N–H and O–H groups in total. The van der Waals surface area contributed by atoms with Crippen LogP contribution in [0.3, 0.4) is 0 Å². The number of benzene rings is 1. The van der Waals surface area contributed by atoms with Gasteiger partial charge in [0, 0.05) is 36.0 Å². The van der Waals surface area contributed by atoms with Gasteiger partial charge in [0.25, 0.3) is 0 Å². The zero-order valence-corrected chi connectivity index (χ0v) is 11.9. The molecule has 18 heavy (non-hydrogen) atoms. The van der Waals surface area contributed by atoms with Gasteiger partial charge in [0.2, 0.25) is 0 Å². The number of anilines is 1. The van der Waals surface area contributed by atoms with Crippen molar-refractivity contribution in [2.24, 2.45) is 5.41 Å². The highest BCUT2D eigenvalue weighted by molar-refractivity contribution is 5.64. The first kappa shape index (κ1) is 11.6. The number of rotatable bonds is 0. The van der Waals surface area contributed by atoms with Gasteiger partial charge < -0.3 is 9.80 Å². The Kier molecular flexibility index (Phi) is 2.14. The lowest BCUT2D eigenvalue weighted by atomic mass is 9.59. The largest absolute Gasteiger partial charge is 0.358 e. The van der Waals surface area contributed by atoms with Gasteiger partial charge in [-0.2, -0.15) is 0 Å². The molecular weight excluding hydrogens is 220 g/mol. The van der Waals surface area contributed by atoms with Gasteiger partial charge in [-0.15, -0.1) is 0 Å². The van der Waals surface area contributed by atoms with Crippen LogP contribution in [0.25, 0.3) is 0 Å². The summed E-state index contributed by atoms with van der Waals surface area (Å²) in [5.41, 5.74) is 3.14. The van der Waals surface area contributed by atoms with E-state index in [2.05, 4.69) is 81.2 Å². The maximum Gasteiger partial charge on any atom is 0.111 e. The van der Waals surface area contributed by atoms with Gasteiger partial charge in [-0.1, -0.05) is 45.9 Å². The third-order valence-corrected chi connectivity index (χ3v) is 5.22. The van der Waals surface area contributed by atoms with Gasteiger partial charge in [0.15, 0.2) is 0 Å². The molecule has 0 amide bonds. The van der Waals surface area contributed by atoms with Crippen molar-refractivity contribution in [3.8, 4) is 0 Å². The minimum absolute atomic E-state index is 0.158. The van der Waals surface area contributed by atoms with Crippen molar-refractivity contribution in [3.63, 3.8) is 0 Å². The monoisotopic (exact) mass is 242 g/mol. The van der Waals surface area contributed by atoms with Gasteiger partial charge in [0.05, 0.1) is 0 Å². The number of hydrogen-bond acceptors (Lipinski definition) is 2. The molecule has 1 aromatic carbocycles. The summed E-state index contributed by atoms with van der Waals surface area (Å²) in [4.78, 5) is 4.75. The Morgan fingerprint density at radius 3 is 2.39 bits per heavy atom. The van der Waals surface area contributed by atoms with E-state index in [1.165, 1.54) is 11.3 Å². The molecule has 0 radical (unpaired) electrons. The van der Waals surface area contributed by atoms with E-state index in [4.69, 9.17) is 0 Å². The van der Waals surface area contributed by atoms with E-state index in [9.17, 15) is 0 Å². The van der Waals surface area contributed by atoms with Crippen LogP contribution in [0, 0.1) is 5.41 Å². The molecule has 96 valence electrons. The zero-order valence-electron chi connectivity index (χ0n) is 11.9. The molecule has 0 fully saturated rings. The number of nitrogens with zero attached hydrogens (tertiary/aromatic N) is 2. The molecule has 3 rings (SSSR count). The molecule has 0 saturated carbocycles. The first-order valence-corrected chi connectivity index (χ1v) is 6.65. The molecule has 0 bridgehead atoms. The fourth-order valence-corrected chi connectivity index (χ4v) is 3.50. The highest BCUT2D eigenvalue weighted by atomic mass is 15.4. The normalized spacial score (nSPS) is 27.1. The van der Waals surface area contributed by atoms with Gasteiger partial charge >= 0.3 is 0 Å². The molecule has 2 aliphatic rings. The fraction of sp³-hybridized carbons (Fsp3) is 0.500. The van der Waals surface area contributed by atoms with Crippen molar-refractivity contribution >= 4 is 5.69 Å². The van der Waals surface area contributed by atoms with E-state index in [1.807, 2.05) is 0 Å². The second-order valence-corrected chi connectivity index (χ2v) is 6.61. The second kappa shape index (κ2) is 3.31. The van der Waals surface area contributed by atoms with Crippen LogP contribution in [-0.4, -0.2) is 18.1 Å². The highest BCUT2D eigenvalue weighted by Gasteiger charge is 2.53. The fourth-order valence-electron chi connectivity index (χ4n) is 3.50. The maximum absolute atomic E-state index is 2.42. The van der Waals surface area contributed by atoms with Crippen molar-refractivity contribution in [2.45, 2.75) is 39.3 Å². The summed E-state index contributed by atoms with van der Waals surface area (Å²) in [7, 11) is 2.17. The Labute approximate surface area is 110 Å². The lowest BCUT2D eigenvalue weighted by Gasteiger charge is -2.56. The third-order valence-electron chi connectivity index (χ3n) is 5.22. The van der Waals surface area contributed by atoms with Crippen molar-refractivity contribution in [3.05, 3.63) is 42.2 Å². The number of para-hydroxylation sites is 1. The van der Waals surface area contributed by atoms with Crippen LogP contribution < -0.4 is 4.90 Å². The summed E-state index contributed by atoms with van der Waals surface area (Å²) in [6.07, 6.45) is 4.80. The van der Waals surface area contributed by atoms with Crippen LogP contribution in [0.5, 0.6) is 0 Å². The first-order valence-electron chi connectivity index (χ1n) is 6.65. The Balaban J connectivity index is 2.27. The summed E-state index contributed by atoms with van der Waals surface area (Å²) >= 11 is 0. The van der Waals surface area contributed by atoms with Crippen molar-refractivity contribution < 1.29 is 0 Å². The zero-order chi connectivity index (χ0) is 13.1. The molecule has 2 nitrogen and oxygen atoms in total. The lowest BCUT2D eigenvalue weighted by molar-refractivity contribution is 0.0764. The molecule has 2 heteroatoms. The van der Waals surface area contributed by atoms with Crippen molar-refractivity contribution in [2.75, 3.05) is 11.9 Å². The van der Waals surface area contributed by atoms with E-state index in [0.29, 0.717) is 6.17 Å². The van der Waals surface area contributed by atoms with E-state index >= 15 is 0 Å². The summed E-state index contributed by atoms with van der Waals surface area (Å²) < 4.78 is 0. The van der Waals surface area contributed by atoms with Crippen LogP contribution in [0.15, 0.2) is 36.7 Å². The average molecular weight is 242 g/mol. The van der Waals surface area contributed by atoms with E-state index < -0.39 is 0 Å². The van der Waals surface area contributed by atoms with E-state index in [1.54, 1.807) is 0 Å². The molecule has 1 aromatic rings. The molecule has 2 aliphatic heterocycles. The molecule has 0 aliphatic carbocycles. The lowest BCUT2D eigenvalue weighted by Crippen LogP contribution is -2.59. The quantitative estimate of drug-likeness (QED) is 0.686. The van der Waals surface area contributed by atoms with Crippen molar-refractivity contribution in [1.82, 2.24) is 4.90 Å². The van der Waals surface area contributed by atoms with Crippen LogP contribution in [0.1, 0.15) is 33.3 Å². The Hall–Kier alpha value is -1.44. The molecule has 1 unspecified atom stereocenters. The summed E-state index contributed by atoms with van der Waals surface area (Å²) in [6, 6.07) is 8.80. The predicted molar refractivity (Wildman–Crippen MR) is 76.4 cm³/mol. The van der Waals surface area contributed by atoms with Crippen LogP contribution in [0.2, 0.25) is 0 Å². The topological polar surface area (TPSA) is 6.48 Å². The molecule has 1 atom stereocenters. The number of hydrogen-bond donors (Lipinski definition) is 0. The Morgan fingerprint density at radius 1 is 1.00 bits per heavy atom. The maximum atomic E-state index is 2.42. The van der Waals surface area contributed by atoms with E-state index in [-0.39, 0.29) is 10.8 Å². The molecule has 0 saturated heterocycles. The second-order valence-electron chi connectivity index (χ2n) is 6.61. The van der Waals surface area contributed by atoms with Crippen molar-refractivity contribution in [1.29, 1.82) is 0 Å². The average Bonchev–Trinajstić information content (AvgIpc) is 2.70. The Morgan fingerprint density at radius 2 is 1.67 bits per heavy atom. The SMILES string of the molecule is CN1C=CN2c3ccccc3C(C)(C)C(C)(C)C12. The van der Waals surface area contributed by atoms with Crippen LogP contribution >= 0.6 is 0 Å². The minimum atomic E-state index is 0.158. The molecular formula is C16H22N2. The van der Waals surface area contributed by atoms with Crippen LogP contribution in [0.4, 0.5) is 5.69 Å². The van der Waals surface area contributed by atoms with E-state index in [0.717, 1.165) is 0 Å². The summed E-state index contributed by atoms with van der Waals surface area (Å²) in [5.74, 6) is 0. The van der Waals surface area contributed by atoms with Crippen LogP contribution in [-0.2, 0) is 5.41 Å². The predicted octanol–water partition coefficient (Wildman–Crippen LogP) is 3.55. The molecule has 0 spiro atoms. The third kappa shape index (κ3) is 1.18. The summed E-state index contributed by atoms with van der Waals surface area (Å²) in [6.45, 7) is 9.50. The molecule has 2 heterocycles. The Bertz CT molecular complexity index is 514. The number of fused-ring (bicyclic) bond motifs is 3. The van der Waals surface area contributed by atoms with Gasteiger partial charge in [-0.05, 0) is 11.6 Å². The molecule has 0 aromatic heterocycles. The highest BCUT2D eigenvalue weighted by Crippen LogP contribution is 2.54. The minimum Gasteiger partial charge on any atom is -0.358 e. The standard InChI is InChI=1S/C16H22N2/c1-15(2)12-8-6-7-9-13(12)18-11-10-17(5)14(18)16(15,3)4/h6-11,14H,1-5H3.